The lowest BCUT2D eigenvalue weighted by molar-refractivity contribution is -0.170. The zero-order valence-corrected chi connectivity index (χ0v) is 13.8. The number of ether oxygens (including phenoxy) is 2. The molecule has 4 rings (SSSR count). The van der Waals surface area contributed by atoms with Crippen molar-refractivity contribution in [3.05, 3.63) is 0 Å². The molecule has 4 fully saturated rings. The first-order valence-electron chi connectivity index (χ1n) is 9.18. The van der Waals surface area contributed by atoms with Crippen molar-refractivity contribution < 1.29 is 14.3 Å². The van der Waals surface area contributed by atoms with Crippen LogP contribution in [-0.4, -0.2) is 49.3 Å². The van der Waals surface area contributed by atoms with Crippen molar-refractivity contribution in [2.45, 2.75) is 51.0 Å². The Balaban J connectivity index is 1.24. The zero-order chi connectivity index (χ0) is 15.2. The average molecular weight is 307 g/mol. The van der Waals surface area contributed by atoms with E-state index in [1.54, 1.807) is 0 Å². The topological polar surface area (TPSA) is 38.8 Å². The highest BCUT2D eigenvalue weighted by molar-refractivity contribution is 5.82. The molecule has 0 aromatic heterocycles. The number of nitrogens with zero attached hydrogens (tertiary/aromatic N) is 1. The van der Waals surface area contributed by atoms with E-state index in [1.807, 2.05) is 4.90 Å². The van der Waals surface area contributed by atoms with Crippen LogP contribution >= 0.6 is 0 Å². The van der Waals surface area contributed by atoms with E-state index in [4.69, 9.17) is 9.47 Å². The van der Waals surface area contributed by atoms with Gasteiger partial charge in [-0.1, -0.05) is 19.8 Å². The summed E-state index contributed by atoms with van der Waals surface area (Å²) in [6.07, 6.45) is 7.61. The van der Waals surface area contributed by atoms with Crippen molar-refractivity contribution in [1.82, 2.24) is 4.90 Å². The second-order valence-electron chi connectivity index (χ2n) is 8.10. The number of hydrogen-bond donors (Lipinski definition) is 0. The lowest BCUT2D eigenvalue weighted by atomic mass is 9.81. The lowest BCUT2D eigenvalue weighted by Crippen LogP contribution is -2.67. The van der Waals surface area contributed by atoms with Gasteiger partial charge in [-0.3, -0.25) is 4.79 Å². The second kappa shape index (κ2) is 5.79. The summed E-state index contributed by atoms with van der Waals surface area (Å²) >= 11 is 0. The fourth-order valence-corrected chi connectivity index (χ4v) is 4.58. The van der Waals surface area contributed by atoms with Gasteiger partial charge in [-0.2, -0.15) is 0 Å². The molecular weight excluding hydrogens is 278 g/mol. The average Bonchev–Trinajstić information content (AvgIpc) is 2.91. The predicted molar refractivity (Wildman–Crippen MR) is 83.4 cm³/mol. The van der Waals surface area contributed by atoms with Gasteiger partial charge < -0.3 is 14.4 Å². The molecule has 3 atom stereocenters. The van der Waals surface area contributed by atoms with Gasteiger partial charge in [-0.05, 0) is 37.5 Å². The molecule has 2 aliphatic carbocycles. The molecule has 1 amide bonds. The van der Waals surface area contributed by atoms with Gasteiger partial charge in [0.25, 0.3) is 0 Å². The van der Waals surface area contributed by atoms with Crippen LogP contribution in [0, 0.1) is 23.7 Å². The third-order valence-corrected chi connectivity index (χ3v) is 6.40. The predicted octanol–water partition coefficient (Wildman–Crippen LogP) is 2.47. The van der Waals surface area contributed by atoms with Crippen LogP contribution in [0.3, 0.4) is 0 Å². The molecule has 22 heavy (non-hydrogen) atoms. The van der Waals surface area contributed by atoms with Crippen molar-refractivity contribution in [3.8, 4) is 0 Å². The Bertz CT molecular complexity index is 426. The Hall–Kier alpha value is -0.610. The fourth-order valence-electron chi connectivity index (χ4n) is 4.58. The minimum atomic E-state index is -0.0799. The summed E-state index contributed by atoms with van der Waals surface area (Å²) in [5.41, 5.74) is -0.0799. The molecule has 0 radical (unpaired) electrons. The van der Waals surface area contributed by atoms with Crippen molar-refractivity contribution in [3.63, 3.8) is 0 Å². The van der Waals surface area contributed by atoms with Gasteiger partial charge in [0.1, 0.15) is 5.60 Å². The minimum absolute atomic E-state index is 0.0799. The largest absolute Gasteiger partial charge is 0.381 e. The van der Waals surface area contributed by atoms with E-state index < -0.39 is 0 Å². The van der Waals surface area contributed by atoms with Crippen molar-refractivity contribution in [2.24, 2.45) is 23.7 Å². The highest BCUT2D eigenvalue weighted by Crippen LogP contribution is 2.45. The number of amides is 1. The number of hydrogen-bond acceptors (Lipinski definition) is 3. The molecule has 4 heteroatoms. The van der Waals surface area contributed by atoms with E-state index in [9.17, 15) is 4.79 Å². The molecule has 2 saturated carbocycles. The van der Waals surface area contributed by atoms with E-state index in [0.29, 0.717) is 23.7 Å². The minimum Gasteiger partial charge on any atom is -0.381 e. The second-order valence-corrected chi connectivity index (χ2v) is 8.10. The molecule has 0 bridgehead atoms. The Morgan fingerprint density at radius 2 is 1.95 bits per heavy atom. The van der Waals surface area contributed by atoms with Gasteiger partial charge in [0.2, 0.25) is 5.91 Å². The molecular formula is C18H29NO3. The zero-order valence-electron chi connectivity index (χ0n) is 13.8. The summed E-state index contributed by atoms with van der Waals surface area (Å²) in [5, 5.41) is 0. The van der Waals surface area contributed by atoms with Crippen molar-refractivity contribution >= 4 is 5.91 Å². The molecule has 2 aliphatic heterocycles. The molecule has 2 heterocycles. The van der Waals surface area contributed by atoms with E-state index in [-0.39, 0.29) is 5.60 Å². The van der Waals surface area contributed by atoms with Gasteiger partial charge in [0.15, 0.2) is 0 Å². The van der Waals surface area contributed by atoms with Gasteiger partial charge >= 0.3 is 0 Å². The van der Waals surface area contributed by atoms with Crippen LogP contribution in [0.4, 0.5) is 0 Å². The third kappa shape index (κ3) is 2.69. The first-order chi connectivity index (χ1) is 10.7. The summed E-state index contributed by atoms with van der Waals surface area (Å²) in [5.74, 6) is 2.53. The van der Waals surface area contributed by atoms with Gasteiger partial charge in [-0.15, -0.1) is 0 Å². The maximum Gasteiger partial charge on any atom is 0.226 e. The van der Waals surface area contributed by atoms with Gasteiger partial charge in [0, 0.05) is 25.0 Å². The fraction of sp³-hybridized carbons (Fsp3) is 0.944. The van der Waals surface area contributed by atoms with Crippen LogP contribution in [0.1, 0.15) is 45.4 Å². The monoisotopic (exact) mass is 307 g/mol. The summed E-state index contributed by atoms with van der Waals surface area (Å²) in [6, 6.07) is 0. The molecule has 0 aromatic rings. The molecule has 0 N–H and O–H groups in total. The quantitative estimate of drug-likeness (QED) is 0.783. The summed E-state index contributed by atoms with van der Waals surface area (Å²) in [7, 11) is 0. The highest BCUT2D eigenvalue weighted by Gasteiger charge is 2.56. The van der Waals surface area contributed by atoms with E-state index in [1.165, 1.54) is 25.7 Å². The van der Waals surface area contributed by atoms with Crippen LogP contribution < -0.4 is 0 Å². The van der Waals surface area contributed by atoms with Crippen molar-refractivity contribution in [1.29, 1.82) is 0 Å². The molecule has 124 valence electrons. The third-order valence-electron chi connectivity index (χ3n) is 6.40. The SMILES string of the molecule is C[C@@H]1C[C@@H]1C(=O)N1CC2(C1)OCC[C@H]2COCC1CCCC1. The standard InChI is InChI=1S/C18H29NO3/c1-13-8-16(13)17(20)19-11-18(12-19)15(6-7-22-18)10-21-9-14-4-2-3-5-14/h13-16H,2-12H2,1H3/t13-,15+,16+/m1/s1. The van der Waals surface area contributed by atoms with Crippen LogP contribution in [0.2, 0.25) is 0 Å². The number of likely N-dealkylation sites (tertiary alicyclic amines) is 1. The smallest absolute Gasteiger partial charge is 0.226 e. The van der Waals surface area contributed by atoms with E-state index >= 15 is 0 Å². The van der Waals surface area contributed by atoms with Crippen LogP contribution in [0.5, 0.6) is 0 Å². The first-order valence-corrected chi connectivity index (χ1v) is 9.18. The highest BCUT2D eigenvalue weighted by atomic mass is 16.5. The Labute approximate surface area is 133 Å². The molecule has 2 saturated heterocycles. The lowest BCUT2D eigenvalue weighted by Gasteiger charge is -2.50. The van der Waals surface area contributed by atoms with E-state index in [0.717, 1.165) is 51.7 Å². The Kier molecular flexibility index (Phi) is 3.93. The van der Waals surface area contributed by atoms with Crippen molar-refractivity contribution in [2.75, 3.05) is 32.9 Å². The van der Waals surface area contributed by atoms with Crippen LogP contribution in [0.25, 0.3) is 0 Å². The normalized spacial score (nSPS) is 36.8. The number of rotatable bonds is 5. The summed E-state index contributed by atoms with van der Waals surface area (Å²) in [6.45, 7) is 6.34. The molecule has 4 nitrogen and oxygen atoms in total. The maximum absolute atomic E-state index is 12.3. The van der Waals surface area contributed by atoms with Crippen LogP contribution in [-0.2, 0) is 14.3 Å². The Morgan fingerprint density at radius 1 is 1.23 bits per heavy atom. The van der Waals surface area contributed by atoms with Gasteiger partial charge in [0.05, 0.1) is 19.7 Å². The molecule has 0 aromatic carbocycles. The Morgan fingerprint density at radius 3 is 2.64 bits per heavy atom. The number of carbonyl (C=O) groups is 1. The summed E-state index contributed by atoms with van der Waals surface area (Å²) in [4.78, 5) is 14.3. The summed E-state index contributed by atoms with van der Waals surface area (Å²) < 4.78 is 12.1. The molecule has 4 aliphatic rings. The van der Waals surface area contributed by atoms with Crippen LogP contribution in [0.15, 0.2) is 0 Å². The van der Waals surface area contributed by atoms with E-state index in [2.05, 4.69) is 6.92 Å². The maximum atomic E-state index is 12.3. The molecule has 0 unspecified atom stereocenters. The first kappa shape index (κ1) is 14.9. The number of carbonyl (C=O) groups excluding carboxylic acids is 1. The molecule has 1 spiro atoms. The van der Waals surface area contributed by atoms with Gasteiger partial charge in [-0.25, -0.2) is 0 Å².